The van der Waals surface area contributed by atoms with Crippen molar-refractivity contribution in [3.63, 3.8) is 0 Å². The molecular weight excluding hydrogens is 216 g/mol. The van der Waals surface area contributed by atoms with Crippen molar-refractivity contribution >= 4 is 29.2 Å². The standard InChI is InChI=1S/C11H7ClOS/c12-10-3-1-2-8(6-13)11(10)9-4-5-14-7-9/h1-7H. The van der Waals surface area contributed by atoms with E-state index in [9.17, 15) is 4.79 Å². The van der Waals surface area contributed by atoms with E-state index in [4.69, 9.17) is 11.6 Å². The number of hydrogen-bond acceptors (Lipinski definition) is 2. The molecular formula is C11H7ClOS. The molecule has 70 valence electrons. The van der Waals surface area contributed by atoms with Gasteiger partial charge in [0, 0.05) is 16.1 Å². The van der Waals surface area contributed by atoms with Crippen LogP contribution in [-0.4, -0.2) is 6.29 Å². The lowest BCUT2D eigenvalue weighted by atomic mass is 10.0. The third kappa shape index (κ3) is 1.59. The normalized spacial score (nSPS) is 10.1. The van der Waals surface area contributed by atoms with E-state index < -0.39 is 0 Å². The van der Waals surface area contributed by atoms with Gasteiger partial charge in [-0.15, -0.1) is 0 Å². The van der Waals surface area contributed by atoms with E-state index in [0.29, 0.717) is 10.6 Å². The molecule has 1 heterocycles. The zero-order valence-corrected chi connectivity index (χ0v) is 8.81. The fourth-order valence-corrected chi connectivity index (χ4v) is 2.29. The first kappa shape index (κ1) is 9.44. The lowest BCUT2D eigenvalue weighted by Gasteiger charge is -2.04. The van der Waals surface area contributed by atoms with Crippen molar-refractivity contribution in [2.24, 2.45) is 0 Å². The number of carbonyl (C=O) groups excluding carboxylic acids is 1. The van der Waals surface area contributed by atoms with Crippen LogP contribution in [0.2, 0.25) is 5.02 Å². The lowest BCUT2D eigenvalue weighted by Crippen LogP contribution is -1.86. The largest absolute Gasteiger partial charge is 0.298 e. The van der Waals surface area contributed by atoms with Gasteiger partial charge in [0.2, 0.25) is 0 Å². The Kier molecular flexibility index (Phi) is 2.66. The number of carbonyl (C=O) groups is 1. The monoisotopic (exact) mass is 222 g/mol. The quantitative estimate of drug-likeness (QED) is 0.705. The zero-order chi connectivity index (χ0) is 9.97. The van der Waals surface area contributed by atoms with Crippen LogP contribution in [0.5, 0.6) is 0 Å². The lowest BCUT2D eigenvalue weighted by molar-refractivity contribution is 0.112. The van der Waals surface area contributed by atoms with Gasteiger partial charge >= 0.3 is 0 Å². The summed E-state index contributed by atoms with van der Waals surface area (Å²) in [4.78, 5) is 10.8. The molecule has 0 spiro atoms. The molecule has 0 saturated carbocycles. The third-order valence-corrected chi connectivity index (χ3v) is 2.98. The molecule has 0 unspecified atom stereocenters. The Labute approximate surface area is 91.0 Å². The third-order valence-electron chi connectivity index (χ3n) is 1.98. The van der Waals surface area contributed by atoms with Gasteiger partial charge in [-0.2, -0.15) is 11.3 Å². The molecule has 1 aromatic carbocycles. The maximum absolute atomic E-state index is 10.8. The predicted molar refractivity (Wildman–Crippen MR) is 60.2 cm³/mol. The highest BCUT2D eigenvalue weighted by atomic mass is 35.5. The van der Waals surface area contributed by atoms with Gasteiger partial charge in [-0.05, 0) is 28.5 Å². The van der Waals surface area contributed by atoms with Crippen molar-refractivity contribution in [2.45, 2.75) is 0 Å². The SMILES string of the molecule is O=Cc1cccc(Cl)c1-c1ccsc1. The van der Waals surface area contributed by atoms with Crippen LogP contribution in [0.1, 0.15) is 10.4 Å². The Morgan fingerprint density at radius 3 is 2.79 bits per heavy atom. The maximum atomic E-state index is 10.8. The Bertz CT molecular complexity index is 448. The summed E-state index contributed by atoms with van der Waals surface area (Å²) in [6, 6.07) is 7.30. The Morgan fingerprint density at radius 2 is 2.14 bits per heavy atom. The highest BCUT2D eigenvalue weighted by Gasteiger charge is 2.08. The van der Waals surface area contributed by atoms with Crippen molar-refractivity contribution in [2.75, 3.05) is 0 Å². The topological polar surface area (TPSA) is 17.1 Å². The van der Waals surface area contributed by atoms with Crippen molar-refractivity contribution in [1.82, 2.24) is 0 Å². The summed E-state index contributed by atoms with van der Waals surface area (Å²) in [6.45, 7) is 0. The number of halogens is 1. The first-order valence-corrected chi connectivity index (χ1v) is 5.41. The van der Waals surface area contributed by atoms with Gasteiger partial charge in [-0.25, -0.2) is 0 Å². The molecule has 0 amide bonds. The second-order valence-corrected chi connectivity index (χ2v) is 4.02. The van der Waals surface area contributed by atoms with Crippen LogP contribution in [0, 0.1) is 0 Å². The Morgan fingerprint density at radius 1 is 1.29 bits per heavy atom. The van der Waals surface area contributed by atoms with Gasteiger partial charge in [-0.3, -0.25) is 4.79 Å². The summed E-state index contributed by atoms with van der Waals surface area (Å²) in [7, 11) is 0. The molecule has 0 aliphatic rings. The average Bonchev–Trinajstić information content (AvgIpc) is 2.70. The van der Waals surface area contributed by atoms with E-state index in [0.717, 1.165) is 17.4 Å². The van der Waals surface area contributed by atoms with Crippen LogP contribution >= 0.6 is 22.9 Å². The van der Waals surface area contributed by atoms with Crippen LogP contribution in [0.3, 0.4) is 0 Å². The molecule has 0 N–H and O–H groups in total. The van der Waals surface area contributed by atoms with E-state index in [2.05, 4.69) is 0 Å². The fourth-order valence-electron chi connectivity index (χ4n) is 1.35. The van der Waals surface area contributed by atoms with Gasteiger partial charge in [0.25, 0.3) is 0 Å². The summed E-state index contributed by atoms with van der Waals surface area (Å²) in [5, 5.41) is 4.56. The number of benzene rings is 1. The molecule has 0 saturated heterocycles. The van der Waals surface area contributed by atoms with Crippen molar-refractivity contribution in [3.05, 3.63) is 45.6 Å². The number of rotatable bonds is 2. The van der Waals surface area contributed by atoms with E-state index >= 15 is 0 Å². The second-order valence-electron chi connectivity index (χ2n) is 2.83. The van der Waals surface area contributed by atoms with Crippen LogP contribution < -0.4 is 0 Å². The Hall–Kier alpha value is -1.12. The minimum Gasteiger partial charge on any atom is -0.298 e. The second kappa shape index (κ2) is 3.95. The van der Waals surface area contributed by atoms with Crippen LogP contribution in [0.4, 0.5) is 0 Å². The van der Waals surface area contributed by atoms with Crippen LogP contribution in [0.25, 0.3) is 11.1 Å². The van der Waals surface area contributed by atoms with E-state index in [-0.39, 0.29) is 0 Å². The van der Waals surface area contributed by atoms with Crippen molar-refractivity contribution < 1.29 is 4.79 Å². The van der Waals surface area contributed by atoms with E-state index in [1.54, 1.807) is 29.5 Å². The molecule has 0 fully saturated rings. The molecule has 0 atom stereocenters. The number of hydrogen-bond donors (Lipinski definition) is 0. The fraction of sp³-hybridized carbons (Fsp3) is 0. The summed E-state index contributed by atoms with van der Waals surface area (Å²) in [5.41, 5.74) is 2.46. The smallest absolute Gasteiger partial charge is 0.150 e. The summed E-state index contributed by atoms with van der Waals surface area (Å²) in [5.74, 6) is 0. The molecule has 14 heavy (non-hydrogen) atoms. The number of aldehydes is 1. The maximum Gasteiger partial charge on any atom is 0.150 e. The molecule has 0 aliphatic carbocycles. The van der Waals surface area contributed by atoms with Gasteiger partial charge in [-0.1, -0.05) is 23.7 Å². The highest BCUT2D eigenvalue weighted by molar-refractivity contribution is 7.08. The van der Waals surface area contributed by atoms with E-state index in [1.165, 1.54) is 0 Å². The predicted octanol–water partition coefficient (Wildman–Crippen LogP) is 3.88. The molecule has 2 aromatic rings. The minimum atomic E-state index is 0.619. The van der Waals surface area contributed by atoms with Crippen LogP contribution in [0.15, 0.2) is 35.0 Å². The zero-order valence-electron chi connectivity index (χ0n) is 7.24. The van der Waals surface area contributed by atoms with Crippen LogP contribution in [-0.2, 0) is 0 Å². The van der Waals surface area contributed by atoms with Gasteiger partial charge in [0.05, 0.1) is 0 Å². The first-order valence-electron chi connectivity index (χ1n) is 4.09. The molecule has 2 rings (SSSR count). The van der Waals surface area contributed by atoms with Crippen molar-refractivity contribution in [3.8, 4) is 11.1 Å². The molecule has 0 radical (unpaired) electrons. The molecule has 3 heteroatoms. The average molecular weight is 223 g/mol. The van der Waals surface area contributed by atoms with Gasteiger partial charge in [0.1, 0.15) is 0 Å². The molecule has 1 aromatic heterocycles. The summed E-state index contributed by atoms with van der Waals surface area (Å²) in [6.07, 6.45) is 0.832. The first-order chi connectivity index (χ1) is 6.83. The van der Waals surface area contributed by atoms with Gasteiger partial charge < -0.3 is 0 Å². The molecule has 0 aliphatic heterocycles. The number of thiophene rings is 1. The molecule has 1 nitrogen and oxygen atoms in total. The summed E-state index contributed by atoms with van der Waals surface area (Å²) < 4.78 is 0. The minimum absolute atomic E-state index is 0.619. The highest BCUT2D eigenvalue weighted by Crippen LogP contribution is 2.31. The van der Waals surface area contributed by atoms with E-state index in [1.807, 2.05) is 16.8 Å². The van der Waals surface area contributed by atoms with Crippen molar-refractivity contribution in [1.29, 1.82) is 0 Å². The Balaban J connectivity index is 2.67. The molecule has 0 bridgehead atoms. The summed E-state index contributed by atoms with van der Waals surface area (Å²) >= 11 is 7.63. The van der Waals surface area contributed by atoms with Gasteiger partial charge in [0.15, 0.2) is 6.29 Å².